The third-order valence-corrected chi connectivity index (χ3v) is 3.49. The van der Waals surface area contributed by atoms with E-state index in [2.05, 4.69) is 10.3 Å². The predicted octanol–water partition coefficient (Wildman–Crippen LogP) is 4.79. The molecule has 1 heterocycles. The highest BCUT2D eigenvalue weighted by Gasteiger charge is 2.09. The highest BCUT2D eigenvalue weighted by molar-refractivity contribution is 6.30. The minimum atomic E-state index is -0.351. The van der Waals surface area contributed by atoms with E-state index in [-0.39, 0.29) is 11.7 Å². The Morgan fingerprint density at radius 2 is 1.87 bits per heavy atom. The summed E-state index contributed by atoms with van der Waals surface area (Å²) in [5, 5.41) is 3.27. The third-order valence-electron chi connectivity index (χ3n) is 3.26. The molecule has 1 N–H and O–H groups in total. The zero-order valence-electron chi connectivity index (χ0n) is 12.0. The van der Waals surface area contributed by atoms with Crippen LogP contribution < -0.4 is 5.32 Å². The van der Waals surface area contributed by atoms with Crippen molar-refractivity contribution in [2.45, 2.75) is 0 Å². The van der Waals surface area contributed by atoms with E-state index in [9.17, 15) is 9.18 Å². The topological polar surface area (TPSA) is 42.0 Å². The zero-order chi connectivity index (χ0) is 16.2. The van der Waals surface area contributed by atoms with E-state index in [0.717, 1.165) is 0 Å². The molecule has 1 amide bonds. The maximum atomic E-state index is 13.7. The normalized spacial score (nSPS) is 10.3. The molecule has 3 nitrogen and oxygen atoms in total. The molecule has 0 atom stereocenters. The molecule has 0 aliphatic heterocycles. The Hall–Kier alpha value is -2.72. The summed E-state index contributed by atoms with van der Waals surface area (Å²) in [4.78, 5) is 16.3. The first-order valence-corrected chi connectivity index (χ1v) is 7.29. The molecule has 0 aliphatic carbocycles. The van der Waals surface area contributed by atoms with Gasteiger partial charge in [-0.2, -0.15) is 0 Å². The molecule has 0 saturated heterocycles. The summed E-state index contributed by atoms with van der Waals surface area (Å²) < 4.78 is 13.7. The maximum Gasteiger partial charge on any atom is 0.257 e. The molecule has 0 radical (unpaired) electrons. The van der Waals surface area contributed by atoms with Crippen LogP contribution in [0.4, 0.5) is 10.1 Å². The first-order chi connectivity index (χ1) is 11.1. The summed E-state index contributed by atoms with van der Waals surface area (Å²) in [6.45, 7) is 0. The Labute approximate surface area is 137 Å². The van der Waals surface area contributed by atoms with Gasteiger partial charge in [-0.15, -0.1) is 0 Å². The fourth-order valence-corrected chi connectivity index (χ4v) is 2.32. The Morgan fingerprint density at radius 3 is 2.57 bits per heavy atom. The van der Waals surface area contributed by atoms with E-state index in [1.54, 1.807) is 54.6 Å². The number of halogens is 2. The average Bonchev–Trinajstić information content (AvgIpc) is 2.55. The number of amides is 1. The molecule has 1 aromatic heterocycles. The highest BCUT2D eigenvalue weighted by atomic mass is 35.5. The number of nitrogens with zero attached hydrogens (tertiary/aromatic N) is 1. The van der Waals surface area contributed by atoms with Gasteiger partial charge >= 0.3 is 0 Å². The van der Waals surface area contributed by atoms with Crippen LogP contribution in [0.25, 0.3) is 11.3 Å². The second kappa shape index (κ2) is 6.58. The minimum Gasteiger partial charge on any atom is -0.322 e. The van der Waals surface area contributed by atoms with Crippen LogP contribution in [0.2, 0.25) is 5.02 Å². The maximum absolute atomic E-state index is 13.7. The molecule has 23 heavy (non-hydrogen) atoms. The van der Waals surface area contributed by atoms with E-state index in [4.69, 9.17) is 11.6 Å². The molecular weight excluding hydrogens is 315 g/mol. The number of aromatic nitrogens is 1. The van der Waals surface area contributed by atoms with Crippen LogP contribution in [-0.4, -0.2) is 10.9 Å². The lowest BCUT2D eigenvalue weighted by molar-refractivity contribution is 0.102. The van der Waals surface area contributed by atoms with Gasteiger partial charge in [0.15, 0.2) is 0 Å². The average molecular weight is 327 g/mol. The number of nitrogens with one attached hydrogen (secondary N) is 1. The van der Waals surface area contributed by atoms with E-state index in [1.165, 1.54) is 12.3 Å². The Morgan fingerprint density at radius 1 is 1.04 bits per heavy atom. The van der Waals surface area contributed by atoms with Gasteiger partial charge in [0.2, 0.25) is 0 Å². The van der Waals surface area contributed by atoms with Crippen molar-refractivity contribution in [3.05, 3.63) is 83.3 Å². The van der Waals surface area contributed by atoms with Gasteiger partial charge in [-0.3, -0.25) is 9.78 Å². The Balaban J connectivity index is 1.79. The first kappa shape index (κ1) is 15.2. The molecule has 3 rings (SSSR count). The molecule has 2 aromatic carbocycles. The Bertz CT molecular complexity index is 850. The van der Waals surface area contributed by atoms with Crippen LogP contribution in [-0.2, 0) is 0 Å². The van der Waals surface area contributed by atoms with Gasteiger partial charge < -0.3 is 5.32 Å². The lowest BCUT2D eigenvalue weighted by Crippen LogP contribution is -2.12. The number of carbonyl (C=O) groups is 1. The van der Waals surface area contributed by atoms with Crippen molar-refractivity contribution in [1.82, 2.24) is 4.98 Å². The van der Waals surface area contributed by atoms with Crippen LogP contribution in [0.1, 0.15) is 10.4 Å². The summed E-state index contributed by atoms with van der Waals surface area (Å²) in [5.74, 6) is -0.657. The number of rotatable bonds is 3. The molecule has 0 fully saturated rings. The van der Waals surface area contributed by atoms with Crippen molar-refractivity contribution < 1.29 is 9.18 Å². The molecule has 0 spiro atoms. The van der Waals surface area contributed by atoms with Gasteiger partial charge in [-0.1, -0.05) is 29.8 Å². The second-order valence-corrected chi connectivity index (χ2v) is 5.31. The molecule has 114 valence electrons. The van der Waals surface area contributed by atoms with Crippen LogP contribution in [0, 0.1) is 5.82 Å². The second-order valence-electron chi connectivity index (χ2n) is 4.88. The Kier molecular flexibility index (Phi) is 4.35. The summed E-state index contributed by atoms with van der Waals surface area (Å²) in [6, 6.07) is 16.5. The molecular formula is C18H12ClFN2O. The standard InChI is InChI=1S/C18H12ClFN2O/c19-13-4-3-5-14(10-13)22-18(23)12-8-9-17(21-11-12)15-6-1-2-7-16(15)20/h1-11H,(H,22,23). The van der Waals surface area contributed by atoms with Crippen molar-refractivity contribution in [3.8, 4) is 11.3 Å². The minimum absolute atomic E-state index is 0.306. The van der Waals surface area contributed by atoms with E-state index < -0.39 is 0 Å². The first-order valence-electron chi connectivity index (χ1n) is 6.91. The third kappa shape index (κ3) is 3.55. The predicted molar refractivity (Wildman–Crippen MR) is 89.0 cm³/mol. The number of pyridine rings is 1. The van der Waals surface area contributed by atoms with Crippen molar-refractivity contribution in [3.63, 3.8) is 0 Å². The van der Waals surface area contributed by atoms with Gasteiger partial charge in [0.25, 0.3) is 5.91 Å². The van der Waals surface area contributed by atoms with E-state index in [0.29, 0.717) is 27.5 Å². The van der Waals surface area contributed by atoms with E-state index >= 15 is 0 Å². The number of benzene rings is 2. The smallest absolute Gasteiger partial charge is 0.257 e. The molecule has 3 aromatic rings. The van der Waals surface area contributed by atoms with Gasteiger partial charge in [0, 0.05) is 22.5 Å². The highest BCUT2D eigenvalue weighted by Crippen LogP contribution is 2.21. The summed E-state index contributed by atoms with van der Waals surface area (Å²) in [5.41, 5.74) is 1.85. The van der Waals surface area contributed by atoms with Gasteiger partial charge in [0.05, 0.1) is 11.3 Å². The fraction of sp³-hybridized carbons (Fsp3) is 0. The molecule has 0 aliphatic rings. The molecule has 0 bridgehead atoms. The largest absolute Gasteiger partial charge is 0.322 e. The lowest BCUT2D eigenvalue weighted by Gasteiger charge is -2.07. The molecule has 5 heteroatoms. The molecule has 0 saturated carbocycles. The van der Waals surface area contributed by atoms with Crippen molar-refractivity contribution in [2.75, 3.05) is 5.32 Å². The monoisotopic (exact) mass is 326 g/mol. The van der Waals surface area contributed by atoms with Crippen LogP contribution in [0.3, 0.4) is 0 Å². The summed E-state index contributed by atoms with van der Waals surface area (Å²) >= 11 is 5.88. The lowest BCUT2D eigenvalue weighted by atomic mass is 10.1. The zero-order valence-corrected chi connectivity index (χ0v) is 12.7. The number of anilines is 1. The van der Waals surface area contributed by atoms with Crippen molar-refractivity contribution >= 4 is 23.2 Å². The van der Waals surface area contributed by atoms with Gasteiger partial charge in [0.1, 0.15) is 5.82 Å². The summed E-state index contributed by atoms with van der Waals surface area (Å²) in [7, 11) is 0. The van der Waals surface area contributed by atoms with E-state index in [1.807, 2.05) is 0 Å². The van der Waals surface area contributed by atoms with Crippen LogP contribution in [0.15, 0.2) is 66.9 Å². The van der Waals surface area contributed by atoms with Gasteiger partial charge in [-0.05, 0) is 42.5 Å². The van der Waals surface area contributed by atoms with Crippen molar-refractivity contribution in [2.24, 2.45) is 0 Å². The van der Waals surface area contributed by atoms with Gasteiger partial charge in [-0.25, -0.2) is 4.39 Å². The van der Waals surface area contributed by atoms with Crippen LogP contribution >= 0.6 is 11.6 Å². The number of carbonyl (C=O) groups excluding carboxylic acids is 1. The fourth-order valence-electron chi connectivity index (χ4n) is 2.13. The quantitative estimate of drug-likeness (QED) is 0.751. The van der Waals surface area contributed by atoms with Crippen molar-refractivity contribution in [1.29, 1.82) is 0 Å². The van der Waals surface area contributed by atoms with Crippen LogP contribution in [0.5, 0.6) is 0 Å². The SMILES string of the molecule is O=C(Nc1cccc(Cl)c1)c1ccc(-c2ccccc2F)nc1. The molecule has 0 unspecified atom stereocenters. The number of hydrogen-bond acceptors (Lipinski definition) is 2. The number of hydrogen-bond donors (Lipinski definition) is 1. The summed E-state index contributed by atoms with van der Waals surface area (Å²) in [6.07, 6.45) is 1.42.